The molecule has 0 atom stereocenters. The minimum Gasteiger partial charge on any atom is -0.207 e. The van der Waals surface area contributed by atoms with Gasteiger partial charge in [-0.25, -0.2) is 8.42 Å². The van der Waals surface area contributed by atoms with Gasteiger partial charge in [-0.2, -0.15) is 4.31 Å². The number of benzene rings is 1. The molecule has 6 heteroatoms. The summed E-state index contributed by atoms with van der Waals surface area (Å²) in [6, 6.07) is 5.06. The molecule has 112 valence electrons. The molecule has 0 radical (unpaired) electrons. The van der Waals surface area contributed by atoms with Gasteiger partial charge in [0.1, 0.15) is 4.90 Å². The molecule has 0 bridgehead atoms. The molecule has 0 saturated heterocycles. The first-order valence-corrected chi connectivity index (χ1v) is 9.07. The molecule has 0 amide bonds. The molecule has 1 aliphatic rings. The summed E-state index contributed by atoms with van der Waals surface area (Å²) >= 11 is 11.9. The quantitative estimate of drug-likeness (QED) is 0.739. The highest BCUT2D eigenvalue weighted by Gasteiger charge is 2.39. The van der Waals surface area contributed by atoms with Gasteiger partial charge < -0.3 is 0 Å². The van der Waals surface area contributed by atoms with Crippen LogP contribution in [0, 0.1) is 5.92 Å². The number of halogens is 2. The highest BCUT2D eigenvalue weighted by molar-refractivity contribution is 7.89. The van der Waals surface area contributed by atoms with Crippen LogP contribution in [0.5, 0.6) is 0 Å². The average molecular weight is 336 g/mol. The number of alkyl halides is 1. The molecule has 1 aromatic carbocycles. The van der Waals surface area contributed by atoms with E-state index in [2.05, 4.69) is 0 Å². The lowest BCUT2D eigenvalue weighted by atomic mass is 10.2. The van der Waals surface area contributed by atoms with Crippen LogP contribution in [0.1, 0.15) is 32.3 Å². The average Bonchev–Trinajstić information content (AvgIpc) is 3.20. The van der Waals surface area contributed by atoms with Gasteiger partial charge in [-0.15, -0.1) is 11.6 Å². The summed E-state index contributed by atoms with van der Waals surface area (Å²) in [5.41, 5.74) is 0.759. The van der Waals surface area contributed by atoms with Crippen molar-refractivity contribution in [1.82, 2.24) is 4.31 Å². The summed E-state index contributed by atoms with van der Waals surface area (Å²) in [6.07, 6.45) is 1.86. The summed E-state index contributed by atoms with van der Waals surface area (Å²) in [7, 11) is -3.55. The van der Waals surface area contributed by atoms with Gasteiger partial charge >= 0.3 is 0 Å². The molecule has 0 aliphatic heterocycles. The maximum atomic E-state index is 12.8. The first-order chi connectivity index (χ1) is 9.36. The van der Waals surface area contributed by atoms with Gasteiger partial charge in [0.15, 0.2) is 0 Å². The van der Waals surface area contributed by atoms with Crippen molar-refractivity contribution in [2.45, 2.75) is 43.5 Å². The number of hydrogen-bond donors (Lipinski definition) is 0. The number of hydrogen-bond acceptors (Lipinski definition) is 2. The molecular formula is C14H19Cl2NO2S. The van der Waals surface area contributed by atoms with E-state index in [0.717, 1.165) is 18.4 Å². The molecule has 1 aromatic rings. The van der Waals surface area contributed by atoms with Gasteiger partial charge in [0.05, 0.1) is 5.02 Å². The lowest BCUT2D eigenvalue weighted by Crippen LogP contribution is -2.36. The summed E-state index contributed by atoms with van der Waals surface area (Å²) in [5, 5.41) is 0.258. The third-order valence-corrected chi connectivity index (χ3v) is 5.94. The largest absolute Gasteiger partial charge is 0.244 e. The predicted octanol–water partition coefficient (Wildman–Crippen LogP) is 3.89. The van der Waals surface area contributed by atoms with E-state index in [1.165, 1.54) is 0 Å². The standard InChI is InChI=1S/C14H19Cl2NO2S/c1-10(2)9-17(12-4-5-12)20(18,19)14-7-11(8-15)3-6-13(14)16/h3,6-7,10,12H,4-5,8-9H2,1-2H3. The zero-order valence-electron chi connectivity index (χ0n) is 11.6. The van der Waals surface area contributed by atoms with Crippen LogP contribution in [0.15, 0.2) is 23.1 Å². The van der Waals surface area contributed by atoms with Crippen LogP contribution < -0.4 is 0 Å². The summed E-state index contributed by atoms with van der Waals surface area (Å²) in [5.74, 6) is 0.549. The van der Waals surface area contributed by atoms with E-state index in [9.17, 15) is 8.42 Å². The lowest BCUT2D eigenvalue weighted by Gasteiger charge is -2.24. The summed E-state index contributed by atoms with van der Waals surface area (Å²) < 4.78 is 27.3. The Morgan fingerprint density at radius 3 is 2.50 bits per heavy atom. The van der Waals surface area contributed by atoms with Crippen molar-refractivity contribution in [2.75, 3.05) is 6.54 Å². The van der Waals surface area contributed by atoms with Crippen LogP contribution in [0.4, 0.5) is 0 Å². The minimum absolute atomic E-state index is 0.123. The highest BCUT2D eigenvalue weighted by Crippen LogP contribution is 2.35. The molecule has 1 fully saturated rings. The molecule has 0 spiro atoms. The lowest BCUT2D eigenvalue weighted by molar-refractivity contribution is 0.360. The first kappa shape index (κ1) is 16.1. The van der Waals surface area contributed by atoms with Crippen LogP contribution in [0.3, 0.4) is 0 Å². The summed E-state index contributed by atoms with van der Waals surface area (Å²) in [4.78, 5) is 0.171. The van der Waals surface area contributed by atoms with Crippen molar-refractivity contribution in [3.63, 3.8) is 0 Å². The van der Waals surface area contributed by atoms with Gasteiger partial charge in [0.25, 0.3) is 0 Å². The monoisotopic (exact) mass is 335 g/mol. The van der Waals surface area contributed by atoms with E-state index in [1.54, 1.807) is 22.5 Å². The van der Waals surface area contributed by atoms with Crippen molar-refractivity contribution in [2.24, 2.45) is 5.92 Å². The minimum atomic E-state index is -3.55. The third-order valence-electron chi connectivity index (χ3n) is 3.24. The van der Waals surface area contributed by atoms with Gasteiger partial charge in [-0.1, -0.05) is 31.5 Å². The number of sulfonamides is 1. The number of rotatable bonds is 6. The topological polar surface area (TPSA) is 37.4 Å². The molecule has 0 heterocycles. The van der Waals surface area contributed by atoms with E-state index in [-0.39, 0.29) is 27.8 Å². The Kier molecular flexibility index (Phi) is 5.00. The first-order valence-electron chi connectivity index (χ1n) is 6.72. The molecule has 20 heavy (non-hydrogen) atoms. The Morgan fingerprint density at radius 2 is 2.00 bits per heavy atom. The Morgan fingerprint density at radius 1 is 1.35 bits per heavy atom. The highest BCUT2D eigenvalue weighted by atomic mass is 35.5. The van der Waals surface area contributed by atoms with Crippen LogP contribution in [0.2, 0.25) is 5.02 Å². The second kappa shape index (κ2) is 6.22. The van der Waals surface area contributed by atoms with E-state index in [4.69, 9.17) is 23.2 Å². The second-order valence-corrected chi connectivity index (χ2v) is 8.13. The fourth-order valence-corrected chi connectivity index (χ4v) is 4.66. The molecule has 0 N–H and O–H groups in total. The Hall–Kier alpha value is -0.290. The fraction of sp³-hybridized carbons (Fsp3) is 0.571. The SMILES string of the molecule is CC(C)CN(C1CC1)S(=O)(=O)c1cc(CCl)ccc1Cl. The fourth-order valence-electron chi connectivity index (χ4n) is 2.12. The van der Waals surface area contributed by atoms with E-state index in [0.29, 0.717) is 6.54 Å². The maximum Gasteiger partial charge on any atom is 0.244 e. The van der Waals surface area contributed by atoms with Crippen molar-refractivity contribution >= 4 is 33.2 Å². The van der Waals surface area contributed by atoms with Crippen LogP contribution in [0.25, 0.3) is 0 Å². The Labute approximate surface area is 130 Å². The normalized spacial score (nSPS) is 16.1. The molecule has 1 aliphatic carbocycles. The second-order valence-electron chi connectivity index (χ2n) is 5.60. The number of nitrogens with zero attached hydrogens (tertiary/aromatic N) is 1. The van der Waals surface area contributed by atoms with Crippen LogP contribution >= 0.6 is 23.2 Å². The van der Waals surface area contributed by atoms with Gasteiger partial charge in [-0.05, 0) is 36.5 Å². The van der Waals surface area contributed by atoms with Gasteiger partial charge in [0, 0.05) is 18.5 Å². The summed E-state index contributed by atoms with van der Waals surface area (Å²) in [6.45, 7) is 4.55. The zero-order valence-corrected chi connectivity index (χ0v) is 14.0. The predicted molar refractivity (Wildman–Crippen MR) is 82.8 cm³/mol. The van der Waals surface area contributed by atoms with Crippen molar-refractivity contribution in [3.8, 4) is 0 Å². The van der Waals surface area contributed by atoms with Crippen LogP contribution in [-0.4, -0.2) is 25.3 Å². The van der Waals surface area contributed by atoms with Crippen molar-refractivity contribution < 1.29 is 8.42 Å². The van der Waals surface area contributed by atoms with Crippen molar-refractivity contribution in [3.05, 3.63) is 28.8 Å². The molecule has 2 rings (SSSR count). The molecule has 0 unspecified atom stereocenters. The smallest absolute Gasteiger partial charge is 0.207 e. The van der Waals surface area contributed by atoms with E-state index in [1.807, 2.05) is 13.8 Å². The van der Waals surface area contributed by atoms with Crippen LogP contribution in [-0.2, 0) is 15.9 Å². The zero-order chi connectivity index (χ0) is 14.9. The Balaban J connectivity index is 2.41. The Bertz CT molecular complexity index is 583. The van der Waals surface area contributed by atoms with Gasteiger partial charge in [-0.3, -0.25) is 0 Å². The molecule has 1 saturated carbocycles. The van der Waals surface area contributed by atoms with E-state index < -0.39 is 10.0 Å². The van der Waals surface area contributed by atoms with Crippen molar-refractivity contribution in [1.29, 1.82) is 0 Å². The molecule has 0 aromatic heterocycles. The van der Waals surface area contributed by atoms with Gasteiger partial charge in [0.2, 0.25) is 10.0 Å². The third kappa shape index (κ3) is 3.48. The molecular weight excluding hydrogens is 317 g/mol. The molecule has 3 nitrogen and oxygen atoms in total. The van der Waals surface area contributed by atoms with E-state index >= 15 is 0 Å². The maximum absolute atomic E-state index is 12.8.